The number of benzene rings is 2. The summed E-state index contributed by atoms with van der Waals surface area (Å²) in [6.07, 6.45) is 3.92. The van der Waals surface area contributed by atoms with Crippen LogP contribution in [0.1, 0.15) is 31.8 Å². The predicted octanol–water partition coefficient (Wildman–Crippen LogP) is 3.00. The quantitative estimate of drug-likeness (QED) is 0.267. The standard InChI is InChI=1S/C31H34N6O4/c38-30(33-40)25-6-4-23(5-7-25)22-37-9-8-26-19-28(20-32-29(26)37)35-10-12-36(13-11-35)31(39)27-3-1-2-24(18-27)21-34-14-16-41-17-15-34/h1-9,18-20,40H,10-17,21-22H2,(H,33,38). The lowest BCUT2D eigenvalue weighted by Crippen LogP contribution is -2.48. The molecule has 6 rings (SSSR count). The van der Waals surface area contributed by atoms with Crippen molar-refractivity contribution in [3.8, 4) is 0 Å². The number of nitrogens with one attached hydrogen (secondary N) is 1. The van der Waals surface area contributed by atoms with E-state index in [0.29, 0.717) is 25.2 Å². The number of piperazine rings is 1. The number of anilines is 1. The fourth-order valence-corrected chi connectivity index (χ4v) is 5.56. The van der Waals surface area contributed by atoms with Crippen molar-refractivity contribution in [2.75, 3.05) is 57.4 Å². The molecule has 2 aromatic heterocycles. The molecule has 41 heavy (non-hydrogen) atoms. The number of fused-ring (bicyclic) bond motifs is 1. The Labute approximate surface area is 238 Å². The average Bonchev–Trinajstić information content (AvgIpc) is 3.43. The van der Waals surface area contributed by atoms with Crippen LogP contribution in [0.2, 0.25) is 0 Å². The molecular weight excluding hydrogens is 520 g/mol. The Balaban J connectivity index is 1.06. The second kappa shape index (κ2) is 12.1. The summed E-state index contributed by atoms with van der Waals surface area (Å²) < 4.78 is 7.52. The number of hydrogen-bond donors (Lipinski definition) is 2. The average molecular weight is 555 g/mol. The Bertz CT molecular complexity index is 1520. The van der Waals surface area contributed by atoms with Gasteiger partial charge in [0.2, 0.25) is 0 Å². The number of hydrogen-bond acceptors (Lipinski definition) is 7. The highest BCUT2D eigenvalue weighted by Gasteiger charge is 2.23. The van der Waals surface area contributed by atoms with Gasteiger partial charge in [-0.3, -0.25) is 19.7 Å². The molecule has 10 heteroatoms. The minimum absolute atomic E-state index is 0.0872. The number of morpholine rings is 1. The molecule has 0 atom stereocenters. The van der Waals surface area contributed by atoms with E-state index in [0.717, 1.165) is 79.3 Å². The van der Waals surface area contributed by atoms with E-state index in [1.807, 2.05) is 47.6 Å². The summed E-state index contributed by atoms with van der Waals surface area (Å²) in [5, 5.41) is 9.85. The van der Waals surface area contributed by atoms with Gasteiger partial charge in [-0.15, -0.1) is 0 Å². The Morgan fingerprint density at radius 1 is 0.854 bits per heavy atom. The Hall–Kier alpha value is -4.25. The molecular formula is C31H34N6O4. The molecule has 0 aliphatic carbocycles. The summed E-state index contributed by atoms with van der Waals surface area (Å²) >= 11 is 0. The number of pyridine rings is 1. The second-order valence-electron chi connectivity index (χ2n) is 10.6. The molecule has 0 saturated carbocycles. The van der Waals surface area contributed by atoms with E-state index in [4.69, 9.17) is 14.9 Å². The van der Waals surface area contributed by atoms with Crippen LogP contribution in [0.4, 0.5) is 5.69 Å². The number of carbonyl (C=O) groups is 2. The monoisotopic (exact) mass is 554 g/mol. The van der Waals surface area contributed by atoms with Gasteiger partial charge in [0.1, 0.15) is 5.65 Å². The van der Waals surface area contributed by atoms with Gasteiger partial charge in [0.05, 0.1) is 25.1 Å². The maximum Gasteiger partial charge on any atom is 0.274 e. The zero-order valence-corrected chi connectivity index (χ0v) is 22.9. The van der Waals surface area contributed by atoms with Gasteiger partial charge in [0, 0.05) is 75.1 Å². The van der Waals surface area contributed by atoms with Crippen molar-refractivity contribution in [3.05, 3.63) is 95.3 Å². The highest BCUT2D eigenvalue weighted by atomic mass is 16.5. The van der Waals surface area contributed by atoms with E-state index in [2.05, 4.69) is 32.6 Å². The highest BCUT2D eigenvalue weighted by molar-refractivity contribution is 5.94. The van der Waals surface area contributed by atoms with Crippen molar-refractivity contribution in [1.82, 2.24) is 24.8 Å². The van der Waals surface area contributed by atoms with Gasteiger partial charge in [0.15, 0.2) is 0 Å². The summed E-state index contributed by atoms with van der Waals surface area (Å²) in [6, 6.07) is 19.3. The third kappa shape index (κ3) is 6.09. The van der Waals surface area contributed by atoms with Crippen LogP contribution >= 0.6 is 0 Å². The first kappa shape index (κ1) is 26.9. The van der Waals surface area contributed by atoms with Crippen LogP contribution in [0.15, 0.2) is 73.1 Å². The third-order valence-corrected chi connectivity index (χ3v) is 7.87. The Kier molecular flexibility index (Phi) is 7.95. The van der Waals surface area contributed by atoms with E-state index < -0.39 is 5.91 Å². The van der Waals surface area contributed by atoms with Gasteiger partial charge in [-0.1, -0.05) is 24.3 Å². The maximum absolute atomic E-state index is 13.3. The zero-order valence-electron chi connectivity index (χ0n) is 22.9. The van der Waals surface area contributed by atoms with E-state index in [-0.39, 0.29) is 5.91 Å². The van der Waals surface area contributed by atoms with E-state index in [1.54, 1.807) is 17.6 Å². The van der Waals surface area contributed by atoms with Crippen LogP contribution in [0.3, 0.4) is 0 Å². The third-order valence-electron chi connectivity index (χ3n) is 7.87. The minimum atomic E-state index is -0.531. The topological polar surface area (TPSA) is 103 Å². The van der Waals surface area contributed by atoms with Crippen molar-refractivity contribution in [2.45, 2.75) is 13.1 Å². The van der Waals surface area contributed by atoms with Crippen molar-refractivity contribution >= 4 is 28.5 Å². The number of rotatable bonds is 7. The number of aromatic nitrogens is 2. The first-order valence-corrected chi connectivity index (χ1v) is 14.0. The van der Waals surface area contributed by atoms with Crippen molar-refractivity contribution in [1.29, 1.82) is 0 Å². The normalized spacial score (nSPS) is 16.2. The first-order chi connectivity index (χ1) is 20.1. The Morgan fingerprint density at radius 2 is 1.63 bits per heavy atom. The molecule has 0 spiro atoms. The highest BCUT2D eigenvalue weighted by Crippen LogP contribution is 2.23. The van der Waals surface area contributed by atoms with Crippen LogP contribution in [0, 0.1) is 0 Å². The number of ether oxygens (including phenoxy) is 1. The fraction of sp³-hybridized carbons (Fsp3) is 0.323. The number of carbonyl (C=O) groups excluding carboxylic acids is 2. The lowest BCUT2D eigenvalue weighted by molar-refractivity contribution is 0.0341. The van der Waals surface area contributed by atoms with E-state index in [1.165, 1.54) is 0 Å². The number of amides is 2. The molecule has 2 amide bonds. The Morgan fingerprint density at radius 3 is 2.39 bits per heavy atom. The first-order valence-electron chi connectivity index (χ1n) is 14.0. The molecule has 2 aliphatic heterocycles. The summed E-state index contributed by atoms with van der Waals surface area (Å²) in [4.78, 5) is 36.2. The molecule has 2 saturated heterocycles. The summed E-state index contributed by atoms with van der Waals surface area (Å²) in [5.41, 5.74) is 6.92. The smallest absolute Gasteiger partial charge is 0.274 e. The minimum Gasteiger partial charge on any atom is -0.379 e. The van der Waals surface area contributed by atoms with E-state index in [9.17, 15) is 9.59 Å². The molecule has 2 fully saturated rings. The predicted molar refractivity (Wildman–Crippen MR) is 155 cm³/mol. The molecule has 0 bridgehead atoms. The molecule has 2 aliphatic rings. The van der Waals surface area contributed by atoms with Gasteiger partial charge in [-0.2, -0.15) is 0 Å². The molecule has 2 N–H and O–H groups in total. The van der Waals surface area contributed by atoms with Gasteiger partial charge in [0.25, 0.3) is 11.8 Å². The van der Waals surface area contributed by atoms with Crippen LogP contribution in [0.5, 0.6) is 0 Å². The van der Waals surface area contributed by atoms with Crippen LogP contribution < -0.4 is 10.4 Å². The lowest BCUT2D eigenvalue weighted by Gasteiger charge is -2.36. The molecule has 4 aromatic rings. The maximum atomic E-state index is 13.3. The fourth-order valence-electron chi connectivity index (χ4n) is 5.56. The number of hydroxylamine groups is 1. The van der Waals surface area contributed by atoms with Crippen LogP contribution in [0.25, 0.3) is 11.0 Å². The van der Waals surface area contributed by atoms with Crippen molar-refractivity contribution < 1.29 is 19.5 Å². The van der Waals surface area contributed by atoms with Crippen molar-refractivity contribution in [3.63, 3.8) is 0 Å². The summed E-state index contributed by atoms with van der Waals surface area (Å²) in [6.45, 7) is 7.66. The molecule has 2 aromatic carbocycles. The molecule has 4 heterocycles. The molecule has 212 valence electrons. The largest absolute Gasteiger partial charge is 0.379 e. The second-order valence-corrected chi connectivity index (χ2v) is 10.6. The summed E-state index contributed by atoms with van der Waals surface area (Å²) in [7, 11) is 0. The lowest BCUT2D eigenvalue weighted by atomic mass is 10.1. The van der Waals surface area contributed by atoms with Crippen molar-refractivity contribution in [2.24, 2.45) is 0 Å². The van der Waals surface area contributed by atoms with Crippen LogP contribution in [-0.2, 0) is 17.8 Å². The van der Waals surface area contributed by atoms with Crippen LogP contribution in [-0.4, -0.2) is 88.9 Å². The molecule has 10 nitrogen and oxygen atoms in total. The SMILES string of the molecule is O=C(NO)c1ccc(Cn2ccc3cc(N4CCN(C(=O)c5cccc(CN6CCOCC6)c5)CC4)cnc32)cc1. The number of nitrogens with zero attached hydrogens (tertiary/aromatic N) is 5. The van der Waals surface area contributed by atoms with Gasteiger partial charge in [-0.05, 0) is 47.5 Å². The molecule has 0 radical (unpaired) electrons. The summed E-state index contributed by atoms with van der Waals surface area (Å²) in [5.74, 6) is -0.444. The van der Waals surface area contributed by atoms with Gasteiger partial charge >= 0.3 is 0 Å². The zero-order chi connectivity index (χ0) is 28.2. The van der Waals surface area contributed by atoms with E-state index >= 15 is 0 Å². The van der Waals surface area contributed by atoms with Gasteiger partial charge in [-0.25, -0.2) is 10.5 Å². The molecule has 0 unspecified atom stereocenters. The van der Waals surface area contributed by atoms with Gasteiger partial charge < -0.3 is 19.1 Å².